The number of aromatic hydroxyl groups is 1. The summed E-state index contributed by atoms with van der Waals surface area (Å²) >= 11 is 11.9. The van der Waals surface area contributed by atoms with E-state index in [0.717, 1.165) is 0 Å². The Morgan fingerprint density at radius 3 is 2.65 bits per heavy atom. The van der Waals surface area contributed by atoms with Crippen molar-refractivity contribution in [1.29, 1.82) is 0 Å². The van der Waals surface area contributed by atoms with Gasteiger partial charge in [0, 0.05) is 10.0 Å². The fourth-order valence-corrected chi connectivity index (χ4v) is 3.66. The number of nitrogens with two attached hydrogens (primary N) is 1. The molecule has 0 spiro atoms. The molecule has 1 aliphatic carbocycles. The normalized spacial score (nSPS) is 15.6. The van der Waals surface area contributed by atoms with Crippen LogP contribution in [0.15, 0.2) is 30.3 Å². The number of hydrogen-bond acceptors (Lipinski definition) is 3. The average Bonchev–Trinajstić information content (AvgIpc) is 2.98. The Morgan fingerprint density at radius 2 is 1.96 bits per heavy atom. The first-order chi connectivity index (χ1) is 12.3. The van der Waals surface area contributed by atoms with E-state index in [9.17, 15) is 19.1 Å². The molecule has 0 unspecified atom stereocenters. The Hall–Kier alpha value is -2.31. The number of carbonyl (C=O) groups is 2. The Kier molecular flexibility index (Phi) is 5.07. The molecule has 3 rings (SSSR count). The van der Waals surface area contributed by atoms with Gasteiger partial charge in [-0.3, -0.25) is 9.59 Å². The second kappa shape index (κ2) is 7.13. The lowest BCUT2D eigenvalue weighted by atomic mass is 10.0. The lowest BCUT2D eigenvalue weighted by molar-refractivity contribution is -0.119. The van der Waals surface area contributed by atoms with Gasteiger partial charge >= 0.3 is 0 Å². The number of primary amides is 1. The molecule has 8 heteroatoms. The monoisotopic (exact) mass is 396 g/mol. The molecule has 2 aromatic carbocycles. The maximum Gasteiger partial charge on any atom is 0.258 e. The summed E-state index contributed by atoms with van der Waals surface area (Å²) in [6.07, 6.45) is 0.806. The Bertz CT molecular complexity index is 904. The zero-order valence-corrected chi connectivity index (χ0v) is 15.0. The molecule has 3 N–H and O–H groups in total. The molecule has 136 valence electrons. The first-order valence-electron chi connectivity index (χ1n) is 7.83. The molecule has 2 aromatic rings. The van der Waals surface area contributed by atoms with Gasteiger partial charge in [-0.15, -0.1) is 0 Å². The highest BCUT2D eigenvalue weighted by Crippen LogP contribution is 2.40. The number of hydrogen-bond donors (Lipinski definition) is 2. The van der Waals surface area contributed by atoms with E-state index in [-0.39, 0.29) is 27.9 Å². The van der Waals surface area contributed by atoms with Crippen molar-refractivity contribution in [1.82, 2.24) is 4.90 Å². The molecule has 1 aliphatic rings. The predicted molar refractivity (Wildman–Crippen MR) is 95.8 cm³/mol. The molecule has 0 radical (unpaired) electrons. The van der Waals surface area contributed by atoms with Crippen LogP contribution in [0, 0.1) is 5.82 Å². The van der Waals surface area contributed by atoms with Crippen molar-refractivity contribution in [3.8, 4) is 5.75 Å². The van der Waals surface area contributed by atoms with Crippen molar-refractivity contribution < 1.29 is 19.1 Å². The smallest absolute Gasteiger partial charge is 0.258 e. The summed E-state index contributed by atoms with van der Waals surface area (Å²) in [5, 5.41) is 10.5. The zero-order valence-electron chi connectivity index (χ0n) is 13.5. The van der Waals surface area contributed by atoms with E-state index in [1.807, 2.05) is 0 Å². The van der Waals surface area contributed by atoms with Crippen molar-refractivity contribution in [3.63, 3.8) is 0 Å². The molecule has 5 nitrogen and oxygen atoms in total. The second-order valence-corrected chi connectivity index (χ2v) is 6.94. The number of nitrogens with zero attached hydrogens (tertiary/aromatic N) is 1. The molecule has 1 atom stereocenters. The number of halogens is 3. The molecule has 26 heavy (non-hydrogen) atoms. The van der Waals surface area contributed by atoms with Crippen LogP contribution in [0.5, 0.6) is 5.75 Å². The molecule has 0 aliphatic heterocycles. The maximum atomic E-state index is 14.2. The fourth-order valence-electron chi connectivity index (χ4n) is 3.27. The Labute approximate surface area is 159 Å². The van der Waals surface area contributed by atoms with E-state index >= 15 is 0 Å². The number of benzene rings is 2. The SMILES string of the molecule is NC(=O)CN(C(=O)c1cc(Cl)ccc1O)[C@@H]1CCc2c(F)cc(Cl)cc21. The summed E-state index contributed by atoms with van der Waals surface area (Å²) in [5.41, 5.74) is 6.23. The number of phenolic OH excluding ortho intramolecular Hbond substituents is 1. The number of phenols is 1. The number of carbonyl (C=O) groups excluding carboxylic acids is 2. The van der Waals surface area contributed by atoms with E-state index in [0.29, 0.717) is 24.0 Å². The van der Waals surface area contributed by atoms with Gasteiger partial charge in [-0.05, 0) is 54.3 Å². The van der Waals surface area contributed by atoms with Gasteiger partial charge in [-0.25, -0.2) is 4.39 Å². The zero-order chi connectivity index (χ0) is 19.0. The Balaban J connectivity index is 2.05. The van der Waals surface area contributed by atoms with Crippen LogP contribution in [0.3, 0.4) is 0 Å². The van der Waals surface area contributed by atoms with Crippen LogP contribution in [-0.2, 0) is 11.2 Å². The minimum absolute atomic E-state index is 0.0605. The summed E-state index contributed by atoms with van der Waals surface area (Å²) in [5.74, 6) is -2.07. The molecule has 0 aromatic heterocycles. The van der Waals surface area contributed by atoms with Gasteiger partial charge in [0.1, 0.15) is 18.1 Å². The van der Waals surface area contributed by atoms with Gasteiger partial charge in [0.25, 0.3) is 5.91 Å². The van der Waals surface area contributed by atoms with Crippen molar-refractivity contribution in [2.75, 3.05) is 6.54 Å². The molecular weight excluding hydrogens is 382 g/mol. The van der Waals surface area contributed by atoms with Gasteiger partial charge in [0.15, 0.2) is 0 Å². The molecule has 0 heterocycles. The van der Waals surface area contributed by atoms with Crippen LogP contribution in [0.2, 0.25) is 10.0 Å². The number of amides is 2. The number of rotatable bonds is 4. The summed E-state index contributed by atoms with van der Waals surface area (Å²) < 4.78 is 14.2. The minimum Gasteiger partial charge on any atom is -0.507 e. The van der Waals surface area contributed by atoms with Crippen LogP contribution in [0.25, 0.3) is 0 Å². The lowest BCUT2D eigenvalue weighted by Crippen LogP contribution is -2.40. The van der Waals surface area contributed by atoms with Crippen molar-refractivity contribution in [3.05, 3.63) is 62.9 Å². The van der Waals surface area contributed by atoms with E-state index in [1.165, 1.54) is 29.2 Å². The van der Waals surface area contributed by atoms with Gasteiger partial charge in [0.2, 0.25) is 5.91 Å². The van der Waals surface area contributed by atoms with E-state index in [1.54, 1.807) is 6.07 Å². The molecular formula is C18H15Cl2FN2O3. The summed E-state index contributed by atoms with van der Waals surface area (Å²) in [6, 6.07) is 6.24. The standard InChI is InChI=1S/C18H15Cl2FN2O3/c19-9-1-4-16(24)13(5-9)18(26)23(8-17(22)25)15-3-2-11-12(15)6-10(20)7-14(11)21/h1,4-7,15,24H,2-3,8H2,(H2,22,25)/t15-/m1/s1. The van der Waals surface area contributed by atoms with Crippen LogP contribution in [0.4, 0.5) is 4.39 Å². The van der Waals surface area contributed by atoms with Crippen LogP contribution in [-0.4, -0.2) is 28.4 Å². The van der Waals surface area contributed by atoms with Crippen molar-refractivity contribution in [2.45, 2.75) is 18.9 Å². The molecule has 0 bridgehead atoms. The third-order valence-electron chi connectivity index (χ3n) is 4.37. The highest BCUT2D eigenvalue weighted by Gasteiger charge is 2.35. The van der Waals surface area contributed by atoms with E-state index in [4.69, 9.17) is 28.9 Å². The van der Waals surface area contributed by atoms with E-state index in [2.05, 4.69) is 0 Å². The fraction of sp³-hybridized carbons (Fsp3) is 0.222. The third-order valence-corrected chi connectivity index (χ3v) is 4.83. The van der Waals surface area contributed by atoms with Crippen LogP contribution < -0.4 is 5.73 Å². The van der Waals surface area contributed by atoms with Gasteiger partial charge < -0.3 is 15.7 Å². The Morgan fingerprint density at radius 1 is 1.23 bits per heavy atom. The van der Waals surface area contributed by atoms with Crippen molar-refractivity contribution in [2.24, 2.45) is 5.73 Å². The minimum atomic E-state index is -0.726. The molecule has 0 saturated heterocycles. The third kappa shape index (κ3) is 3.48. The van der Waals surface area contributed by atoms with Crippen LogP contribution >= 0.6 is 23.2 Å². The highest BCUT2D eigenvalue weighted by molar-refractivity contribution is 6.31. The highest BCUT2D eigenvalue weighted by atomic mass is 35.5. The average molecular weight is 397 g/mol. The van der Waals surface area contributed by atoms with Gasteiger partial charge in [-0.2, -0.15) is 0 Å². The predicted octanol–water partition coefficient (Wildman–Crippen LogP) is 3.45. The summed E-state index contributed by atoms with van der Waals surface area (Å²) in [6.45, 7) is -0.386. The molecule has 2 amide bonds. The lowest BCUT2D eigenvalue weighted by Gasteiger charge is -2.29. The van der Waals surface area contributed by atoms with E-state index < -0.39 is 23.7 Å². The van der Waals surface area contributed by atoms with Crippen molar-refractivity contribution >= 4 is 35.0 Å². The maximum absolute atomic E-state index is 14.2. The first-order valence-corrected chi connectivity index (χ1v) is 8.59. The largest absolute Gasteiger partial charge is 0.507 e. The summed E-state index contributed by atoms with van der Waals surface area (Å²) in [7, 11) is 0. The quantitative estimate of drug-likeness (QED) is 0.829. The van der Waals surface area contributed by atoms with Gasteiger partial charge in [-0.1, -0.05) is 23.2 Å². The molecule has 0 saturated carbocycles. The van der Waals surface area contributed by atoms with Crippen LogP contribution in [0.1, 0.15) is 33.9 Å². The topological polar surface area (TPSA) is 83.6 Å². The first kappa shape index (κ1) is 18.5. The second-order valence-electron chi connectivity index (χ2n) is 6.07. The molecule has 0 fully saturated rings. The van der Waals surface area contributed by atoms with Gasteiger partial charge in [0.05, 0.1) is 11.6 Å². The number of fused-ring (bicyclic) bond motifs is 1. The summed E-state index contributed by atoms with van der Waals surface area (Å²) in [4.78, 5) is 25.7.